The van der Waals surface area contributed by atoms with Crippen molar-refractivity contribution in [2.24, 2.45) is 11.8 Å². The maximum atomic E-state index is 5.83. The molecule has 0 amide bonds. The molecule has 0 aliphatic carbocycles. The first kappa shape index (κ1) is 11.4. The van der Waals surface area contributed by atoms with E-state index in [1.807, 2.05) is 0 Å². The monoisotopic (exact) mass is 213 g/mol. The smallest absolute Gasteiger partial charge is 0.0496 e. The number of hydrogen-bond acceptors (Lipinski definition) is 3. The van der Waals surface area contributed by atoms with Crippen LogP contribution in [0.4, 0.5) is 0 Å². The lowest BCUT2D eigenvalue weighted by Gasteiger charge is -2.25. The minimum absolute atomic E-state index is 0.750. The van der Waals surface area contributed by atoms with Gasteiger partial charge in [0, 0.05) is 26.4 Å². The molecular weight excluding hydrogens is 190 g/mol. The Morgan fingerprint density at radius 2 is 1.53 bits per heavy atom. The number of ether oxygens (including phenoxy) is 2. The third-order valence-electron chi connectivity index (χ3n) is 3.51. The molecule has 0 atom stereocenters. The molecule has 88 valence electrons. The molecule has 0 aromatic rings. The summed E-state index contributed by atoms with van der Waals surface area (Å²) in [6.07, 6.45) is 4.94. The van der Waals surface area contributed by atoms with Crippen LogP contribution in [0.1, 0.15) is 25.7 Å². The maximum Gasteiger partial charge on any atom is 0.0496 e. The molecule has 2 fully saturated rings. The van der Waals surface area contributed by atoms with Gasteiger partial charge in [0.05, 0.1) is 0 Å². The van der Waals surface area contributed by atoms with Crippen LogP contribution in [0.5, 0.6) is 0 Å². The van der Waals surface area contributed by atoms with Gasteiger partial charge in [0.2, 0.25) is 0 Å². The lowest BCUT2D eigenvalue weighted by Crippen LogP contribution is -2.30. The molecule has 2 heterocycles. The van der Waals surface area contributed by atoms with Crippen LogP contribution in [0.2, 0.25) is 0 Å². The Morgan fingerprint density at radius 1 is 0.933 bits per heavy atom. The summed E-state index contributed by atoms with van der Waals surface area (Å²) >= 11 is 0. The molecule has 2 saturated heterocycles. The average molecular weight is 213 g/mol. The molecule has 15 heavy (non-hydrogen) atoms. The molecule has 3 nitrogen and oxygen atoms in total. The van der Waals surface area contributed by atoms with Crippen molar-refractivity contribution in [3.8, 4) is 0 Å². The number of hydrogen-bond donors (Lipinski definition) is 1. The van der Waals surface area contributed by atoms with Crippen LogP contribution >= 0.6 is 0 Å². The molecule has 0 bridgehead atoms. The lowest BCUT2D eigenvalue weighted by atomic mass is 9.99. The summed E-state index contributed by atoms with van der Waals surface area (Å²) < 4.78 is 11.2. The van der Waals surface area contributed by atoms with Gasteiger partial charge in [-0.3, -0.25) is 0 Å². The van der Waals surface area contributed by atoms with Gasteiger partial charge in [0.25, 0.3) is 0 Å². The Balaban J connectivity index is 1.53. The molecule has 0 unspecified atom stereocenters. The zero-order valence-electron chi connectivity index (χ0n) is 9.54. The quantitative estimate of drug-likeness (QED) is 0.766. The molecule has 0 aromatic heterocycles. The molecule has 1 N–H and O–H groups in total. The number of rotatable bonds is 4. The average Bonchev–Trinajstić information content (AvgIpc) is 2.32. The van der Waals surface area contributed by atoms with E-state index in [4.69, 9.17) is 9.47 Å². The van der Waals surface area contributed by atoms with Crippen LogP contribution in [0, 0.1) is 11.8 Å². The summed E-state index contributed by atoms with van der Waals surface area (Å²) in [5, 5.41) is 3.38. The highest BCUT2D eigenvalue weighted by atomic mass is 16.5. The summed E-state index contributed by atoms with van der Waals surface area (Å²) in [6.45, 7) is 6.13. The van der Waals surface area contributed by atoms with Gasteiger partial charge in [0.15, 0.2) is 0 Å². The predicted molar refractivity (Wildman–Crippen MR) is 60.0 cm³/mol. The fraction of sp³-hybridized carbons (Fsp3) is 1.00. The predicted octanol–water partition coefficient (Wildman–Crippen LogP) is 1.43. The zero-order chi connectivity index (χ0) is 10.3. The standard InChI is InChI=1S/C12H23NO2/c1-5-13-6-2-11(1)9-15-10-12-3-7-14-8-4-12/h11-13H,1-10H2. The molecule has 0 radical (unpaired) electrons. The number of piperidine rings is 1. The van der Waals surface area contributed by atoms with E-state index in [9.17, 15) is 0 Å². The Bertz CT molecular complexity index is 145. The summed E-state index contributed by atoms with van der Waals surface area (Å²) in [7, 11) is 0. The normalized spacial score (nSPS) is 25.6. The van der Waals surface area contributed by atoms with E-state index < -0.39 is 0 Å². The van der Waals surface area contributed by atoms with Crippen LogP contribution < -0.4 is 5.32 Å². The van der Waals surface area contributed by atoms with Crippen LogP contribution in [0.25, 0.3) is 0 Å². The summed E-state index contributed by atoms with van der Waals surface area (Å²) in [5.74, 6) is 1.55. The van der Waals surface area contributed by atoms with Crippen LogP contribution in [0.3, 0.4) is 0 Å². The molecular formula is C12H23NO2. The first-order valence-corrected chi connectivity index (χ1v) is 6.31. The SMILES string of the molecule is C1CC(COCC2CCOCC2)CCN1. The fourth-order valence-electron chi connectivity index (χ4n) is 2.36. The van der Waals surface area contributed by atoms with E-state index in [0.717, 1.165) is 38.3 Å². The first-order chi connectivity index (χ1) is 7.45. The van der Waals surface area contributed by atoms with Crippen molar-refractivity contribution in [2.45, 2.75) is 25.7 Å². The molecule has 0 aromatic carbocycles. The fourth-order valence-corrected chi connectivity index (χ4v) is 2.36. The first-order valence-electron chi connectivity index (χ1n) is 6.31. The Morgan fingerprint density at radius 3 is 2.20 bits per heavy atom. The van der Waals surface area contributed by atoms with Crippen molar-refractivity contribution in [2.75, 3.05) is 39.5 Å². The Labute approximate surface area is 92.5 Å². The minimum Gasteiger partial charge on any atom is -0.381 e. The molecule has 3 heteroatoms. The summed E-state index contributed by atoms with van der Waals surface area (Å²) in [4.78, 5) is 0. The van der Waals surface area contributed by atoms with Crippen molar-refractivity contribution in [1.82, 2.24) is 5.32 Å². The number of nitrogens with one attached hydrogen (secondary N) is 1. The van der Waals surface area contributed by atoms with Crippen LogP contribution in [-0.4, -0.2) is 39.5 Å². The lowest BCUT2D eigenvalue weighted by molar-refractivity contribution is 0.00853. The van der Waals surface area contributed by atoms with Gasteiger partial charge in [-0.1, -0.05) is 0 Å². The van der Waals surface area contributed by atoms with Gasteiger partial charge in [-0.15, -0.1) is 0 Å². The highest BCUT2D eigenvalue weighted by Crippen LogP contribution is 2.17. The minimum atomic E-state index is 0.750. The van der Waals surface area contributed by atoms with Gasteiger partial charge < -0.3 is 14.8 Å². The molecule has 0 saturated carbocycles. The van der Waals surface area contributed by atoms with E-state index in [1.165, 1.54) is 38.8 Å². The third kappa shape index (κ3) is 4.09. The van der Waals surface area contributed by atoms with Crippen LogP contribution in [-0.2, 0) is 9.47 Å². The maximum absolute atomic E-state index is 5.83. The second-order valence-corrected chi connectivity index (χ2v) is 4.79. The molecule has 0 spiro atoms. The zero-order valence-corrected chi connectivity index (χ0v) is 9.54. The topological polar surface area (TPSA) is 30.5 Å². The van der Waals surface area contributed by atoms with E-state index in [-0.39, 0.29) is 0 Å². The second-order valence-electron chi connectivity index (χ2n) is 4.79. The highest BCUT2D eigenvalue weighted by Gasteiger charge is 2.16. The van der Waals surface area contributed by atoms with Gasteiger partial charge in [-0.25, -0.2) is 0 Å². The van der Waals surface area contributed by atoms with Gasteiger partial charge in [-0.2, -0.15) is 0 Å². The van der Waals surface area contributed by atoms with Crippen molar-refractivity contribution in [3.05, 3.63) is 0 Å². The third-order valence-corrected chi connectivity index (χ3v) is 3.51. The second kappa shape index (κ2) is 6.46. The Kier molecular flexibility index (Phi) is 4.90. The van der Waals surface area contributed by atoms with Crippen molar-refractivity contribution >= 4 is 0 Å². The van der Waals surface area contributed by atoms with E-state index in [0.29, 0.717) is 0 Å². The largest absolute Gasteiger partial charge is 0.381 e. The van der Waals surface area contributed by atoms with Crippen molar-refractivity contribution in [3.63, 3.8) is 0 Å². The molecule has 2 aliphatic rings. The summed E-state index contributed by atoms with van der Waals surface area (Å²) in [6, 6.07) is 0. The van der Waals surface area contributed by atoms with Crippen molar-refractivity contribution < 1.29 is 9.47 Å². The highest BCUT2D eigenvalue weighted by molar-refractivity contribution is 4.68. The molecule has 2 aliphatic heterocycles. The van der Waals surface area contributed by atoms with Crippen molar-refractivity contribution in [1.29, 1.82) is 0 Å². The van der Waals surface area contributed by atoms with E-state index in [2.05, 4.69) is 5.32 Å². The van der Waals surface area contributed by atoms with E-state index >= 15 is 0 Å². The Hall–Kier alpha value is -0.120. The van der Waals surface area contributed by atoms with Gasteiger partial charge in [0.1, 0.15) is 0 Å². The van der Waals surface area contributed by atoms with Gasteiger partial charge >= 0.3 is 0 Å². The molecule has 2 rings (SSSR count). The van der Waals surface area contributed by atoms with Crippen LogP contribution in [0.15, 0.2) is 0 Å². The van der Waals surface area contributed by atoms with E-state index in [1.54, 1.807) is 0 Å². The summed E-state index contributed by atoms with van der Waals surface area (Å²) in [5.41, 5.74) is 0. The van der Waals surface area contributed by atoms with Gasteiger partial charge in [-0.05, 0) is 50.6 Å².